The lowest BCUT2D eigenvalue weighted by molar-refractivity contribution is 0.295. The van der Waals surface area contributed by atoms with E-state index in [9.17, 15) is 0 Å². The van der Waals surface area contributed by atoms with Gasteiger partial charge in [-0.25, -0.2) is 9.97 Å². The maximum atomic E-state index is 4.42. The SMILES string of the molecule is CCCNC(CC1CCCCC1)c1ncccn1. The molecule has 1 unspecified atom stereocenters. The van der Waals surface area contributed by atoms with E-state index >= 15 is 0 Å². The first-order chi connectivity index (χ1) is 8.90. The van der Waals surface area contributed by atoms with Gasteiger partial charge in [0.2, 0.25) is 0 Å². The minimum Gasteiger partial charge on any atom is -0.307 e. The maximum absolute atomic E-state index is 4.42. The van der Waals surface area contributed by atoms with E-state index in [4.69, 9.17) is 0 Å². The molecule has 2 rings (SSSR count). The van der Waals surface area contributed by atoms with Crippen LogP contribution in [0.5, 0.6) is 0 Å². The third-order valence-electron chi connectivity index (χ3n) is 3.83. The van der Waals surface area contributed by atoms with E-state index in [2.05, 4.69) is 22.2 Å². The van der Waals surface area contributed by atoms with Gasteiger partial charge in [0, 0.05) is 12.4 Å². The van der Waals surface area contributed by atoms with Gasteiger partial charge in [0.15, 0.2) is 0 Å². The van der Waals surface area contributed by atoms with E-state index in [0.29, 0.717) is 6.04 Å². The Morgan fingerprint density at radius 3 is 2.61 bits per heavy atom. The van der Waals surface area contributed by atoms with Gasteiger partial charge in [0.05, 0.1) is 6.04 Å². The number of hydrogen-bond acceptors (Lipinski definition) is 3. The summed E-state index contributed by atoms with van der Waals surface area (Å²) in [5, 5.41) is 3.61. The third kappa shape index (κ3) is 4.05. The molecule has 1 aromatic heterocycles. The summed E-state index contributed by atoms with van der Waals surface area (Å²) in [6.07, 6.45) is 13.1. The van der Waals surface area contributed by atoms with E-state index in [1.54, 1.807) is 0 Å². The molecule has 1 aromatic rings. The van der Waals surface area contributed by atoms with Gasteiger partial charge >= 0.3 is 0 Å². The Bertz CT molecular complexity index is 320. The molecule has 3 heteroatoms. The highest BCUT2D eigenvalue weighted by molar-refractivity contribution is 4.96. The van der Waals surface area contributed by atoms with Crippen LogP contribution >= 0.6 is 0 Å². The lowest BCUT2D eigenvalue weighted by Gasteiger charge is -2.26. The average molecular weight is 247 g/mol. The van der Waals surface area contributed by atoms with Gasteiger partial charge in [0.1, 0.15) is 5.82 Å². The molecule has 0 aliphatic heterocycles. The molecule has 1 aliphatic rings. The highest BCUT2D eigenvalue weighted by Crippen LogP contribution is 2.30. The summed E-state index contributed by atoms with van der Waals surface area (Å²) in [6, 6.07) is 2.23. The molecule has 3 nitrogen and oxygen atoms in total. The molecule has 1 heterocycles. The zero-order valence-electron chi connectivity index (χ0n) is 11.4. The molecule has 1 saturated carbocycles. The summed E-state index contributed by atoms with van der Waals surface area (Å²) >= 11 is 0. The lowest BCUT2D eigenvalue weighted by atomic mass is 9.84. The van der Waals surface area contributed by atoms with Crippen molar-refractivity contribution in [2.75, 3.05) is 6.54 Å². The monoisotopic (exact) mass is 247 g/mol. The average Bonchev–Trinajstić information content (AvgIpc) is 2.45. The number of aromatic nitrogens is 2. The molecule has 100 valence electrons. The Balaban J connectivity index is 1.95. The van der Waals surface area contributed by atoms with Crippen LogP contribution in [0.15, 0.2) is 18.5 Å². The summed E-state index contributed by atoms with van der Waals surface area (Å²) in [4.78, 5) is 8.85. The van der Waals surface area contributed by atoms with Crippen LogP contribution in [0.4, 0.5) is 0 Å². The largest absolute Gasteiger partial charge is 0.307 e. The molecular formula is C15H25N3. The molecule has 0 radical (unpaired) electrons. The van der Waals surface area contributed by atoms with Crippen molar-refractivity contribution in [3.05, 3.63) is 24.3 Å². The van der Waals surface area contributed by atoms with Crippen LogP contribution in [0.3, 0.4) is 0 Å². The van der Waals surface area contributed by atoms with Gasteiger partial charge in [-0.3, -0.25) is 0 Å². The highest BCUT2D eigenvalue weighted by atomic mass is 15.0. The van der Waals surface area contributed by atoms with Gasteiger partial charge in [-0.05, 0) is 31.4 Å². The molecule has 0 amide bonds. The van der Waals surface area contributed by atoms with Crippen LogP contribution in [-0.2, 0) is 0 Å². The van der Waals surface area contributed by atoms with E-state index in [-0.39, 0.29) is 0 Å². The number of rotatable bonds is 6. The molecule has 0 spiro atoms. The summed E-state index contributed by atoms with van der Waals surface area (Å²) in [7, 11) is 0. The number of nitrogens with one attached hydrogen (secondary N) is 1. The Labute approximate surface area is 110 Å². The summed E-state index contributed by atoms with van der Waals surface area (Å²) < 4.78 is 0. The van der Waals surface area contributed by atoms with E-state index < -0.39 is 0 Å². The molecule has 1 aliphatic carbocycles. The standard InChI is InChI=1S/C15H25N3/c1-2-9-16-14(15-17-10-6-11-18-15)12-13-7-4-3-5-8-13/h6,10-11,13-14,16H,2-5,7-9,12H2,1H3. The molecule has 0 aromatic carbocycles. The molecule has 1 N–H and O–H groups in total. The molecule has 0 bridgehead atoms. The predicted octanol–water partition coefficient (Wildman–Crippen LogP) is 3.49. The summed E-state index contributed by atoms with van der Waals surface area (Å²) in [5.41, 5.74) is 0. The van der Waals surface area contributed by atoms with Crippen molar-refractivity contribution in [1.29, 1.82) is 0 Å². The van der Waals surface area contributed by atoms with Gasteiger partial charge in [-0.1, -0.05) is 39.0 Å². The smallest absolute Gasteiger partial charge is 0.145 e. The van der Waals surface area contributed by atoms with Crippen molar-refractivity contribution >= 4 is 0 Å². The Morgan fingerprint density at radius 1 is 1.22 bits per heavy atom. The molecular weight excluding hydrogens is 222 g/mol. The van der Waals surface area contributed by atoms with Crippen molar-refractivity contribution < 1.29 is 0 Å². The van der Waals surface area contributed by atoms with Gasteiger partial charge in [-0.2, -0.15) is 0 Å². The fraction of sp³-hybridized carbons (Fsp3) is 0.733. The molecule has 1 atom stereocenters. The first-order valence-electron chi connectivity index (χ1n) is 7.40. The Kier molecular flexibility index (Phi) is 5.59. The zero-order valence-corrected chi connectivity index (χ0v) is 11.4. The van der Waals surface area contributed by atoms with Crippen molar-refractivity contribution in [1.82, 2.24) is 15.3 Å². The Morgan fingerprint density at radius 2 is 1.94 bits per heavy atom. The van der Waals surface area contributed by atoms with Crippen molar-refractivity contribution in [2.24, 2.45) is 5.92 Å². The number of hydrogen-bond donors (Lipinski definition) is 1. The lowest BCUT2D eigenvalue weighted by Crippen LogP contribution is -2.26. The first-order valence-corrected chi connectivity index (χ1v) is 7.40. The molecule has 18 heavy (non-hydrogen) atoms. The predicted molar refractivity (Wildman–Crippen MR) is 74.3 cm³/mol. The normalized spacial score (nSPS) is 18.7. The zero-order chi connectivity index (χ0) is 12.6. The van der Waals surface area contributed by atoms with Crippen molar-refractivity contribution in [2.45, 2.75) is 57.9 Å². The van der Waals surface area contributed by atoms with E-state index in [1.165, 1.54) is 38.5 Å². The third-order valence-corrected chi connectivity index (χ3v) is 3.83. The van der Waals surface area contributed by atoms with Gasteiger partial charge in [-0.15, -0.1) is 0 Å². The van der Waals surface area contributed by atoms with Gasteiger partial charge in [0.25, 0.3) is 0 Å². The minimum atomic E-state index is 0.342. The van der Waals surface area contributed by atoms with Crippen LogP contribution in [0, 0.1) is 5.92 Å². The van der Waals surface area contributed by atoms with Crippen LogP contribution in [0.1, 0.15) is 63.7 Å². The van der Waals surface area contributed by atoms with E-state index in [1.807, 2.05) is 18.5 Å². The summed E-state index contributed by atoms with van der Waals surface area (Å²) in [6.45, 7) is 3.26. The van der Waals surface area contributed by atoms with Crippen LogP contribution in [0.25, 0.3) is 0 Å². The second-order valence-electron chi connectivity index (χ2n) is 5.35. The maximum Gasteiger partial charge on any atom is 0.145 e. The Hall–Kier alpha value is -0.960. The fourth-order valence-electron chi connectivity index (χ4n) is 2.85. The van der Waals surface area contributed by atoms with Crippen LogP contribution in [0.2, 0.25) is 0 Å². The topological polar surface area (TPSA) is 37.8 Å². The second-order valence-corrected chi connectivity index (χ2v) is 5.35. The number of nitrogens with zero attached hydrogens (tertiary/aromatic N) is 2. The van der Waals surface area contributed by atoms with E-state index in [0.717, 1.165) is 24.7 Å². The van der Waals surface area contributed by atoms with Crippen molar-refractivity contribution in [3.8, 4) is 0 Å². The highest BCUT2D eigenvalue weighted by Gasteiger charge is 2.21. The fourth-order valence-corrected chi connectivity index (χ4v) is 2.85. The van der Waals surface area contributed by atoms with Crippen LogP contribution < -0.4 is 5.32 Å². The minimum absolute atomic E-state index is 0.342. The molecule has 0 saturated heterocycles. The quantitative estimate of drug-likeness (QED) is 0.836. The van der Waals surface area contributed by atoms with Crippen molar-refractivity contribution in [3.63, 3.8) is 0 Å². The molecule has 1 fully saturated rings. The second kappa shape index (κ2) is 7.47. The van der Waals surface area contributed by atoms with Crippen LogP contribution in [-0.4, -0.2) is 16.5 Å². The first kappa shape index (κ1) is 13.5. The summed E-state index contributed by atoms with van der Waals surface area (Å²) in [5.74, 6) is 1.83. The van der Waals surface area contributed by atoms with Gasteiger partial charge < -0.3 is 5.32 Å².